The first-order valence-corrected chi connectivity index (χ1v) is 9.99. The van der Waals surface area contributed by atoms with Gasteiger partial charge in [0.2, 0.25) is 10.0 Å². The molecule has 2 unspecified atom stereocenters. The molecule has 0 radical (unpaired) electrons. The normalized spacial score (nSPS) is 23.8. The summed E-state index contributed by atoms with van der Waals surface area (Å²) < 4.78 is 27.8. The molecule has 6 heteroatoms. The van der Waals surface area contributed by atoms with Crippen molar-refractivity contribution in [2.24, 2.45) is 5.92 Å². The molecule has 4 nitrogen and oxygen atoms in total. The summed E-state index contributed by atoms with van der Waals surface area (Å²) in [6, 6.07) is 0.0979. The highest BCUT2D eigenvalue weighted by Gasteiger charge is 2.38. The van der Waals surface area contributed by atoms with Gasteiger partial charge in [0, 0.05) is 24.0 Å². The highest BCUT2D eigenvalue weighted by molar-refractivity contribution is 7.89. The van der Waals surface area contributed by atoms with Crippen molar-refractivity contribution in [3.8, 4) is 0 Å². The van der Waals surface area contributed by atoms with Gasteiger partial charge in [-0.05, 0) is 50.1 Å². The molecule has 1 aliphatic heterocycles. The minimum absolute atomic E-state index is 0.0979. The molecule has 0 amide bonds. The second kappa shape index (κ2) is 6.77. The molecule has 1 aromatic heterocycles. The topological polar surface area (TPSA) is 49.4 Å². The van der Waals surface area contributed by atoms with Crippen LogP contribution in [0.3, 0.4) is 0 Å². The van der Waals surface area contributed by atoms with Crippen molar-refractivity contribution in [3.63, 3.8) is 0 Å². The van der Waals surface area contributed by atoms with Gasteiger partial charge in [0.25, 0.3) is 0 Å². The number of sulfonamides is 1. The van der Waals surface area contributed by atoms with Gasteiger partial charge < -0.3 is 5.32 Å². The lowest BCUT2D eigenvalue weighted by Gasteiger charge is -2.22. The Labute approximate surface area is 132 Å². The van der Waals surface area contributed by atoms with Crippen LogP contribution < -0.4 is 5.32 Å². The molecule has 1 aromatic rings. The van der Waals surface area contributed by atoms with Crippen molar-refractivity contribution in [1.82, 2.24) is 9.62 Å². The SMILES string of the molecule is CCCNCc1scc(C)c1S(=O)(=O)N1CC(C)CC1C. The number of hydrogen-bond acceptors (Lipinski definition) is 4. The second-order valence-electron chi connectivity index (χ2n) is 6.11. The van der Waals surface area contributed by atoms with Crippen LogP contribution in [-0.4, -0.2) is 31.9 Å². The predicted molar refractivity (Wildman–Crippen MR) is 88.2 cm³/mol. The average molecular weight is 331 g/mol. The number of rotatable bonds is 6. The van der Waals surface area contributed by atoms with Gasteiger partial charge in [0.1, 0.15) is 4.90 Å². The zero-order valence-corrected chi connectivity index (χ0v) is 15.0. The first kappa shape index (κ1) is 16.9. The summed E-state index contributed by atoms with van der Waals surface area (Å²) in [5.74, 6) is 0.440. The van der Waals surface area contributed by atoms with E-state index in [2.05, 4.69) is 19.2 Å². The standard InChI is InChI=1S/C15H26N2O2S2/c1-5-6-16-8-14-15(12(3)10-20-14)21(18,19)17-9-11(2)7-13(17)4/h10-11,13,16H,5-9H2,1-4H3. The molecule has 21 heavy (non-hydrogen) atoms. The Kier molecular flexibility index (Phi) is 5.46. The van der Waals surface area contributed by atoms with Crippen LogP contribution in [0.25, 0.3) is 0 Å². The minimum atomic E-state index is -3.37. The number of nitrogens with one attached hydrogen (secondary N) is 1. The third-order valence-corrected chi connectivity index (χ3v) is 7.44. The number of nitrogens with zero attached hydrogens (tertiary/aromatic N) is 1. The van der Waals surface area contributed by atoms with Gasteiger partial charge in [-0.3, -0.25) is 0 Å². The lowest BCUT2D eigenvalue weighted by atomic mass is 10.1. The zero-order valence-electron chi connectivity index (χ0n) is 13.3. The highest BCUT2D eigenvalue weighted by Crippen LogP contribution is 2.34. The van der Waals surface area contributed by atoms with Crippen molar-refractivity contribution in [2.45, 2.75) is 58.0 Å². The summed E-state index contributed by atoms with van der Waals surface area (Å²) in [5, 5.41) is 5.27. The fourth-order valence-corrected chi connectivity index (χ4v) is 6.54. The van der Waals surface area contributed by atoms with E-state index in [1.807, 2.05) is 19.2 Å². The molecule has 0 aliphatic carbocycles. The molecular weight excluding hydrogens is 304 g/mol. The molecule has 1 N–H and O–H groups in total. The highest BCUT2D eigenvalue weighted by atomic mass is 32.2. The van der Waals surface area contributed by atoms with Crippen LogP contribution in [0.2, 0.25) is 0 Å². The van der Waals surface area contributed by atoms with E-state index in [0.29, 0.717) is 23.9 Å². The molecule has 1 aliphatic rings. The quantitative estimate of drug-likeness (QED) is 0.816. The van der Waals surface area contributed by atoms with Crippen molar-refractivity contribution < 1.29 is 8.42 Å². The van der Waals surface area contributed by atoms with Crippen molar-refractivity contribution in [1.29, 1.82) is 0 Å². The summed E-state index contributed by atoms with van der Waals surface area (Å²) in [7, 11) is -3.37. The van der Waals surface area contributed by atoms with Gasteiger partial charge in [0.05, 0.1) is 0 Å². The molecule has 2 rings (SSSR count). The first-order valence-electron chi connectivity index (χ1n) is 7.67. The van der Waals surface area contributed by atoms with E-state index in [9.17, 15) is 8.42 Å². The van der Waals surface area contributed by atoms with Gasteiger partial charge >= 0.3 is 0 Å². The predicted octanol–water partition coefficient (Wildman–Crippen LogP) is 2.98. The van der Waals surface area contributed by atoms with Crippen LogP contribution in [0.5, 0.6) is 0 Å². The lowest BCUT2D eigenvalue weighted by molar-refractivity contribution is 0.405. The molecule has 1 fully saturated rings. The molecule has 2 atom stereocenters. The fraction of sp³-hybridized carbons (Fsp3) is 0.733. The summed E-state index contributed by atoms with van der Waals surface area (Å²) in [6.45, 7) is 10.3. The minimum Gasteiger partial charge on any atom is -0.312 e. The van der Waals surface area contributed by atoms with Gasteiger partial charge in [0.15, 0.2) is 0 Å². The molecule has 0 spiro atoms. The Morgan fingerprint density at radius 3 is 2.71 bits per heavy atom. The van der Waals surface area contributed by atoms with Crippen LogP contribution in [0.4, 0.5) is 0 Å². The van der Waals surface area contributed by atoms with E-state index >= 15 is 0 Å². The van der Waals surface area contributed by atoms with Crippen LogP contribution >= 0.6 is 11.3 Å². The molecule has 120 valence electrons. The van der Waals surface area contributed by atoms with Crippen LogP contribution in [0.1, 0.15) is 44.1 Å². The van der Waals surface area contributed by atoms with E-state index in [-0.39, 0.29) is 6.04 Å². The molecule has 0 bridgehead atoms. The molecule has 0 aromatic carbocycles. The Bertz CT molecular complexity index is 580. The van der Waals surface area contributed by atoms with E-state index in [0.717, 1.165) is 29.8 Å². The monoisotopic (exact) mass is 330 g/mol. The zero-order chi connectivity index (χ0) is 15.6. The summed E-state index contributed by atoms with van der Waals surface area (Å²) >= 11 is 1.55. The number of hydrogen-bond donors (Lipinski definition) is 1. The third-order valence-electron chi connectivity index (χ3n) is 4.00. The maximum absolute atomic E-state index is 13.0. The van der Waals surface area contributed by atoms with E-state index < -0.39 is 10.0 Å². The fourth-order valence-electron chi connectivity index (χ4n) is 3.05. The van der Waals surface area contributed by atoms with Crippen molar-refractivity contribution >= 4 is 21.4 Å². The summed E-state index contributed by atoms with van der Waals surface area (Å²) in [6.07, 6.45) is 2.00. The first-order chi connectivity index (χ1) is 9.87. The maximum atomic E-state index is 13.0. The van der Waals surface area contributed by atoms with Crippen LogP contribution in [0, 0.1) is 12.8 Å². The summed E-state index contributed by atoms with van der Waals surface area (Å²) in [4.78, 5) is 1.48. The maximum Gasteiger partial charge on any atom is 0.244 e. The van der Waals surface area contributed by atoms with E-state index in [1.54, 1.807) is 15.6 Å². The van der Waals surface area contributed by atoms with Gasteiger partial charge in [-0.25, -0.2) is 8.42 Å². The third kappa shape index (κ3) is 3.50. The number of thiophene rings is 1. The van der Waals surface area contributed by atoms with Crippen LogP contribution in [0.15, 0.2) is 10.3 Å². The Balaban J connectivity index is 2.29. The molecule has 2 heterocycles. The van der Waals surface area contributed by atoms with Crippen LogP contribution in [-0.2, 0) is 16.6 Å². The summed E-state index contributed by atoms with van der Waals surface area (Å²) in [5.41, 5.74) is 0.875. The van der Waals surface area contributed by atoms with Gasteiger partial charge in [-0.15, -0.1) is 11.3 Å². The van der Waals surface area contributed by atoms with E-state index in [1.165, 1.54) is 0 Å². The Morgan fingerprint density at radius 2 is 2.14 bits per heavy atom. The Hall–Kier alpha value is -0.430. The van der Waals surface area contributed by atoms with Gasteiger partial charge in [-0.2, -0.15) is 4.31 Å². The lowest BCUT2D eigenvalue weighted by Crippen LogP contribution is -2.34. The molecule has 0 saturated carbocycles. The smallest absolute Gasteiger partial charge is 0.244 e. The van der Waals surface area contributed by atoms with Crippen molar-refractivity contribution in [3.05, 3.63) is 15.8 Å². The number of aryl methyl sites for hydroxylation is 1. The van der Waals surface area contributed by atoms with E-state index in [4.69, 9.17) is 0 Å². The average Bonchev–Trinajstić information content (AvgIpc) is 2.93. The molecular formula is C15H26N2O2S2. The largest absolute Gasteiger partial charge is 0.312 e. The molecule has 1 saturated heterocycles. The van der Waals surface area contributed by atoms with Crippen molar-refractivity contribution in [2.75, 3.05) is 13.1 Å². The van der Waals surface area contributed by atoms with Gasteiger partial charge in [-0.1, -0.05) is 13.8 Å². The second-order valence-corrected chi connectivity index (χ2v) is 8.90. The Morgan fingerprint density at radius 1 is 1.43 bits per heavy atom.